The second-order valence-corrected chi connectivity index (χ2v) is 6.46. The van der Waals surface area contributed by atoms with Crippen molar-refractivity contribution in [2.24, 2.45) is 5.41 Å². The normalized spacial score (nSPS) is 18.8. The van der Waals surface area contributed by atoms with E-state index in [0.717, 1.165) is 6.54 Å². The topological polar surface area (TPSA) is 12.0 Å². The highest BCUT2D eigenvalue weighted by molar-refractivity contribution is 9.10. The van der Waals surface area contributed by atoms with Gasteiger partial charge < -0.3 is 5.32 Å². The fourth-order valence-electron chi connectivity index (χ4n) is 3.15. The third-order valence-corrected chi connectivity index (χ3v) is 4.96. The fourth-order valence-corrected chi connectivity index (χ4v) is 3.58. The zero-order chi connectivity index (χ0) is 12.8. The van der Waals surface area contributed by atoms with Gasteiger partial charge in [0, 0.05) is 11.0 Å². The molecule has 0 aliphatic heterocycles. The Balaban J connectivity index is 2.11. The molecule has 0 bridgehead atoms. The van der Waals surface area contributed by atoms with Crippen LogP contribution in [0, 0.1) is 5.41 Å². The van der Waals surface area contributed by atoms with Gasteiger partial charge in [-0.15, -0.1) is 0 Å². The molecule has 1 nitrogen and oxygen atoms in total. The minimum atomic E-state index is 0.484. The summed E-state index contributed by atoms with van der Waals surface area (Å²) < 4.78 is 1.27. The summed E-state index contributed by atoms with van der Waals surface area (Å²) in [5, 5.41) is 3.58. The van der Waals surface area contributed by atoms with E-state index in [1.807, 2.05) is 0 Å². The van der Waals surface area contributed by atoms with Gasteiger partial charge in [0.15, 0.2) is 0 Å². The molecule has 0 heterocycles. The van der Waals surface area contributed by atoms with Crippen LogP contribution < -0.4 is 5.32 Å². The number of hydrogen-bond acceptors (Lipinski definition) is 1. The molecule has 0 amide bonds. The van der Waals surface area contributed by atoms with Crippen LogP contribution in [0.15, 0.2) is 28.7 Å². The average molecular weight is 310 g/mol. The van der Waals surface area contributed by atoms with E-state index in [0.29, 0.717) is 5.41 Å². The van der Waals surface area contributed by atoms with Gasteiger partial charge in [0.1, 0.15) is 0 Å². The zero-order valence-electron chi connectivity index (χ0n) is 11.3. The molecule has 1 saturated carbocycles. The molecule has 1 aromatic rings. The standard InChI is InChI=1S/C16H24BrN/c1-2-18-13-16(10-6-3-7-11-16)12-14-8-4-5-9-15(14)17/h4-5,8-9,18H,2-3,6-7,10-13H2,1H3. The Morgan fingerprint density at radius 2 is 1.89 bits per heavy atom. The summed E-state index contributed by atoms with van der Waals surface area (Å²) in [7, 11) is 0. The van der Waals surface area contributed by atoms with Gasteiger partial charge >= 0.3 is 0 Å². The summed E-state index contributed by atoms with van der Waals surface area (Å²) in [4.78, 5) is 0. The minimum absolute atomic E-state index is 0.484. The van der Waals surface area contributed by atoms with Crippen molar-refractivity contribution >= 4 is 15.9 Å². The van der Waals surface area contributed by atoms with E-state index in [4.69, 9.17) is 0 Å². The number of benzene rings is 1. The first kappa shape index (κ1) is 14.1. The zero-order valence-corrected chi connectivity index (χ0v) is 12.9. The van der Waals surface area contributed by atoms with Gasteiger partial charge in [-0.1, -0.05) is 60.3 Å². The van der Waals surface area contributed by atoms with Crippen molar-refractivity contribution in [1.82, 2.24) is 5.32 Å². The van der Waals surface area contributed by atoms with Gasteiger partial charge in [-0.2, -0.15) is 0 Å². The van der Waals surface area contributed by atoms with Crippen LogP contribution in [-0.4, -0.2) is 13.1 Å². The molecule has 1 aliphatic rings. The van der Waals surface area contributed by atoms with Crippen LogP contribution in [-0.2, 0) is 6.42 Å². The second kappa shape index (κ2) is 6.72. The SMILES string of the molecule is CCNCC1(Cc2ccccc2Br)CCCCC1. The summed E-state index contributed by atoms with van der Waals surface area (Å²) in [6, 6.07) is 8.70. The smallest absolute Gasteiger partial charge is 0.0207 e. The molecule has 0 aromatic heterocycles. The lowest BCUT2D eigenvalue weighted by Gasteiger charge is -2.38. The lowest BCUT2D eigenvalue weighted by atomic mass is 9.70. The van der Waals surface area contributed by atoms with Gasteiger partial charge in [-0.3, -0.25) is 0 Å². The Bertz CT molecular complexity index is 369. The van der Waals surface area contributed by atoms with Crippen LogP contribution in [0.5, 0.6) is 0 Å². The minimum Gasteiger partial charge on any atom is -0.316 e. The molecule has 1 aliphatic carbocycles. The highest BCUT2D eigenvalue weighted by Crippen LogP contribution is 2.39. The van der Waals surface area contributed by atoms with Crippen molar-refractivity contribution in [2.45, 2.75) is 45.4 Å². The van der Waals surface area contributed by atoms with Crippen molar-refractivity contribution in [3.63, 3.8) is 0 Å². The molecule has 0 atom stereocenters. The number of rotatable bonds is 5. The van der Waals surface area contributed by atoms with Gasteiger partial charge in [0.25, 0.3) is 0 Å². The first-order chi connectivity index (χ1) is 8.76. The fraction of sp³-hybridized carbons (Fsp3) is 0.625. The van der Waals surface area contributed by atoms with Crippen LogP contribution in [0.4, 0.5) is 0 Å². The Labute approximate surface area is 119 Å². The third-order valence-electron chi connectivity index (χ3n) is 4.19. The summed E-state index contributed by atoms with van der Waals surface area (Å²) in [5.74, 6) is 0. The van der Waals surface area contributed by atoms with Crippen molar-refractivity contribution in [3.8, 4) is 0 Å². The molecule has 1 N–H and O–H groups in total. The molecule has 18 heavy (non-hydrogen) atoms. The number of nitrogens with one attached hydrogen (secondary N) is 1. The predicted octanol–water partition coefficient (Wildman–Crippen LogP) is 4.55. The van der Waals surface area contributed by atoms with E-state index in [-0.39, 0.29) is 0 Å². The van der Waals surface area contributed by atoms with Crippen LogP contribution in [0.25, 0.3) is 0 Å². The molecule has 1 aromatic carbocycles. The van der Waals surface area contributed by atoms with Crippen molar-refractivity contribution in [1.29, 1.82) is 0 Å². The van der Waals surface area contributed by atoms with Crippen molar-refractivity contribution < 1.29 is 0 Å². The van der Waals surface area contributed by atoms with Gasteiger partial charge in [0.05, 0.1) is 0 Å². The second-order valence-electron chi connectivity index (χ2n) is 5.61. The molecule has 0 unspecified atom stereocenters. The van der Waals surface area contributed by atoms with E-state index >= 15 is 0 Å². The van der Waals surface area contributed by atoms with E-state index in [2.05, 4.69) is 52.4 Å². The maximum atomic E-state index is 3.70. The Kier molecular flexibility index (Phi) is 5.25. The van der Waals surface area contributed by atoms with Gasteiger partial charge in [-0.05, 0) is 42.9 Å². The van der Waals surface area contributed by atoms with Crippen LogP contribution >= 0.6 is 15.9 Å². The lowest BCUT2D eigenvalue weighted by Crippen LogP contribution is -2.38. The van der Waals surface area contributed by atoms with Crippen LogP contribution in [0.1, 0.15) is 44.6 Å². The summed E-state index contributed by atoms with van der Waals surface area (Å²) in [6.07, 6.45) is 8.18. The van der Waals surface area contributed by atoms with E-state index in [1.165, 1.54) is 55.1 Å². The number of halogens is 1. The van der Waals surface area contributed by atoms with Crippen molar-refractivity contribution in [3.05, 3.63) is 34.3 Å². The molecule has 0 spiro atoms. The highest BCUT2D eigenvalue weighted by Gasteiger charge is 2.32. The first-order valence-electron chi connectivity index (χ1n) is 7.20. The van der Waals surface area contributed by atoms with Crippen LogP contribution in [0.3, 0.4) is 0 Å². The van der Waals surface area contributed by atoms with Gasteiger partial charge in [0.2, 0.25) is 0 Å². The molecular weight excluding hydrogens is 286 g/mol. The molecule has 1 fully saturated rings. The quantitative estimate of drug-likeness (QED) is 0.841. The van der Waals surface area contributed by atoms with E-state index in [9.17, 15) is 0 Å². The Morgan fingerprint density at radius 3 is 2.56 bits per heavy atom. The summed E-state index contributed by atoms with van der Waals surface area (Å²) >= 11 is 3.70. The maximum absolute atomic E-state index is 3.70. The monoisotopic (exact) mass is 309 g/mol. The average Bonchev–Trinajstić information content (AvgIpc) is 2.40. The van der Waals surface area contributed by atoms with E-state index < -0.39 is 0 Å². The lowest BCUT2D eigenvalue weighted by molar-refractivity contribution is 0.182. The molecule has 0 saturated heterocycles. The maximum Gasteiger partial charge on any atom is 0.0207 e. The predicted molar refractivity (Wildman–Crippen MR) is 81.9 cm³/mol. The summed E-state index contributed by atoms with van der Waals surface area (Å²) in [6.45, 7) is 4.46. The van der Waals surface area contributed by atoms with Gasteiger partial charge in [-0.25, -0.2) is 0 Å². The Hall–Kier alpha value is -0.340. The summed E-state index contributed by atoms with van der Waals surface area (Å²) in [5.41, 5.74) is 1.95. The van der Waals surface area contributed by atoms with Crippen molar-refractivity contribution in [2.75, 3.05) is 13.1 Å². The number of hydrogen-bond donors (Lipinski definition) is 1. The van der Waals surface area contributed by atoms with E-state index in [1.54, 1.807) is 0 Å². The molecule has 100 valence electrons. The first-order valence-corrected chi connectivity index (χ1v) is 7.99. The Morgan fingerprint density at radius 1 is 1.17 bits per heavy atom. The molecular formula is C16H24BrN. The largest absolute Gasteiger partial charge is 0.316 e. The van der Waals surface area contributed by atoms with Crippen LogP contribution in [0.2, 0.25) is 0 Å². The molecule has 0 radical (unpaired) electrons. The highest BCUT2D eigenvalue weighted by atomic mass is 79.9. The third kappa shape index (κ3) is 3.58. The molecule has 2 heteroatoms. The molecule has 2 rings (SSSR count).